The molecule has 0 aromatic carbocycles. The number of nitrogens with zero attached hydrogens (tertiary/aromatic N) is 5. The molecule has 0 atom stereocenters. The number of alkyl halides is 3. The number of piperidine rings is 1. The van der Waals surface area contributed by atoms with Crippen LogP contribution in [0, 0.1) is 11.3 Å². The van der Waals surface area contributed by atoms with Gasteiger partial charge in [0.2, 0.25) is 0 Å². The normalized spacial score (nSPS) is 15.3. The van der Waals surface area contributed by atoms with Gasteiger partial charge >= 0.3 is 12.1 Å². The lowest BCUT2D eigenvalue weighted by atomic mass is 10.0. The zero-order valence-corrected chi connectivity index (χ0v) is 14.2. The third-order valence-corrected chi connectivity index (χ3v) is 4.42. The van der Waals surface area contributed by atoms with Gasteiger partial charge in [-0.15, -0.1) is 0 Å². The van der Waals surface area contributed by atoms with E-state index < -0.39 is 18.1 Å². The van der Waals surface area contributed by atoms with Gasteiger partial charge in [-0.1, -0.05) is 0 Å². The van der Waals surface area contributed by atoms with Gasteiger partial charge in [-0.25, -0.2) is 4.98 Å². The van der Waals surface area contributed by atoms with Crippen LogP contribution in [0.25, 0.3) is 0 Å². The first kappa shape index (κ1) is 18.6. The third-order valence-electron chi connectivity index (χ3n) is 4.42. The van der Waals surface area contributed by atoms with E-state index in [0.717, 1.165) is 4.90 Å². The standard InChI is InChI=1S/C18H16F3N5O/c19-18(20,21)17(27)26(15-4-2-7-23-12-15)14-5-9-25(10-6-14)16-13(11-22)3-1-8-24-16/h1-4,7-8,12,14H,5-6,9-10H2. The van der Waals surface area contributed by atoms with E-state index >= 15 is 0 Å². The topological polar surface area (TPSA) is 73.1 Å². The highest BCUT2D eigenvalue weighted by Crippen LogP contribution is 2.30. The molecule has 0 saturated carbocycles. The van der Waals surface area contributed by atoms with Crippen LogP contribution in [0.2, 0.25) is 0 Å². The predicted molar refractivity (Wildman–Crippen MR) is 92.0 cm³/mol. The molecule has 140 valence electrons. The molecule has 0 unspecified atom stereocenters. The van der Waals surface area contributed by atoms with E-state index in [1.54, 1.807) is 18.3 Å². The number of anilines is 2. The van der Waals surface area contributed by atoms with Crippen molar-refractivity contribution in [3.8, 4) is 6.07 Å². The molecule has 0 bridgehead atoms. The molecule has 2 aromatic heterocycles. The summed E-state index contributed by atoms with van der Waals surface area (Å²) >= 11 is 0. The number of halogens is 3. The second kappa shape index (κ2) is 7.61. The first-order chi connectivity index (χ1) is 12.9. The molecule has 1 aliphatic heterocycles. The van der Waals surface area contributed by atoms with Gasteiger partial charge in [-0.3, -0.25) is 14.7 Å². The molecule has 1 aliphatic rings. The van der Waals surface area contributed by atoms with Gasteiger partial charge < -0.3 is 4.90 Å². The van der Waals surface area contributed by atoms with Gasteiger partial charge in [0.25, 0.3) is 0 Å². The Hall–Kier alpha value is -3.15. The number of aromatic nitrogens is 2. The molecule has 1 fully saturated rings. The molecule has 9 heteroatoms. The average Bonchev–Trinajstić information content (AvgIpc) is 2.69. The molecule has 0 N–H and O–H groups in total. The highest BCUT2D eigenvalue weighted by Gasteiger charge is 2.46. The minimum absolute atomic E-state index is 0.119. The minimum atomic E-state index is -4.97. The minimum Gasteiger partial charge on any atom is -0.355 e. The lowest BCUT2D eigenvalue weighted by Gasteiger charge is -2.39. The van der Waals surface area contributed by atoms with Crippen LogP contribution in [0.5, 0.6) is 0 Å². The molecule has 0 radical (unpaired) electrons. The van der Waals surface area contributed by atoms with E-state index in [-0.39, 0.29) is 5.69 Å². The molecular weight excluding hydrogens is 359 g/mol. The summed E-state index contributed by atoms with van der Waals surface area (Å²) in [6.07, 6.45) is -0.0783. The number of carbonyl (C=O) groups excluding carboxylic acids is 1. The molecule has 1 saturated heterocycles. The summed E-state index contributed by atoms with van der Waals surface area (Å²) in [6, 6.07) is 7.68. The Balaban J connectivity index is 1.81. The van der Waals surface area contributed by atoms with Crippen molar-refractivity contribution in [2.75, 3.05) is 22.9 Å². The van der Waals surface area contributed by atoms with Crippen LogP contribution in [0.1, 0.15) is 18.4 Å². The Kier molecular flexibility index (Phi) is 5.26. The summed E-state index contributed by atoms with van der Waals surface area (Å²) < 4.78 is 39.3. The zero-order valence-electron chi connectivity index (χ0n) is 14.2. The fraction of sp³-hybridized carbons (Fsp3) is 0.333. The van der Waals surface area contributed by atoms with E-state index in [4.69, 9.17) is 0 Å². The summed E-state index contributed by atoms with van der Waals surface area (Å²) in [5, 5.41) is 9.20. The Morgan fingerprint density at radius 2 is 1.93 bits per heavy atom. The maximum absolute atomic E-state index is 13.1. The number of rotatable bonds is 3. The van der Waals surface area contributed by atoms with E-state index in [1.165, 1.54) is 24.5 Å². The van der Waals surface area contributed by atoms with Crippen LogP contribution in [0.3, 0.4) is 0 Å². The number of pyridine rings is 2. The van der Waals surface area contributed by atoms with Gasteiger partial charge in [0.05, 0.1) is 17.4 Å². The maximum atomic E-state index is 13.1. The monoisotopic (exact) mass is 375 g/mol. The molecule has 2 aromatic rings. The second-order valence-electron chi connectivity index (χ2n) is 6.09. The van der Waals surface area contributed by atoms with Crippen molar-refractivity contribution in [3.05, 3.63) is 48.4 Å². The highest BCUT2D eigenvalue weighted by atomic mass is 19.4. The Morgan fingerprint density at radius 3 is 2.52 bits per heavy atom. The summed E-state index contributed by atoms with van der Waals surface area (Å²) in [5.41, 5.74) is 0.528. The van der Waals surface area contributed by atoms with Crippen molar-refractivity contribution in [1.29, 1.82) is 5.26 Å². The maximum Gasteiger partial charge on any atom is 0.471 e. The third kappa shape index (κ3) is 4.00. The van der Waals surface area contributed by atoms with Crippen LogP contribution in [-0.2, 0) is 4.79 Å². The average molecular weight is 375 g/mol. The van der Waals surface area contributed by atoms with Crippen molar-refractivity contribution in [3.63, 3.8) is 0 Å². The van der Waals surface area contributed by atoms with Crippen molar-refractivity contribution in [2.45, 2.75) is 25.1 Å². The lowest BCUT2D eigenvalue weighted by Crippen LogP contribution is -2.52. The van der Waals surface area contributed by atoms with E-state index in [0.29, 0.717) is 37.3 Å². The van der Waals surface area contributed by atoms with Crippen LogP contribution >= 0.6 is 0 Å². The van der Waals surface area contributed by atoms with Crippen LogP contribution in [0.15, 0.2) is 42.9 Å². The van der Waals surface area contributed by atoms with Crippen molar-refractivity contribution in [1.82, 2.24) is 9.97 Å². The Bertz CT molecular complexity index is 842. The predicted octanol–water partition coefficient (Wildman–Crippen LogP) is 2.91. The molecule has 3 rings (SSSR count). The largest absolute Gasteiger partial charge is 0.471 e. The van der Waals surface area contributed by atoms with Gasteiger partial charge in [0.1, 0.15) is 11.9 Å². The second-order valence-corrected chi connectivity index (χ2v) is 6.09. The molecule has 0 spiro atoms. The van der Waals surface area contributed by atoms with E-state index in [1.807, 2.05) is 4.90 Å². The summed E-state index contributed by atoms with van der Waals surface area (Å²) in [4.78, 5) is 22.7. The smallest absolute Gasteiger partial charge is 0.355 e. The highest BCUT2D eigenvalue weighted by molar-refractivity contribution is 5.97. The van der Waals surface area contributed by atoms with Crippen LogP contribution < -0.4 is 9.80 Å². The molecule has 1 amide bonds. The fourth-order valence-corrected chi connectivity index (χ4v) is 3.20. The Labute approximate surface area is 153 Å². The van der Waals surface area contributed by atoms with Crippen molar-refractivity contribution >= 4 is 17.4 Å². The Morgan fingerprint density at radius 1 is 1.22 bits per heavy atom. The van der Waals surface area contributed by atoms with E-state index in [9.17, 15) is 23.2 Å². The zero-order chi connectivity index (χ0) is 19.4. The SMILES string of the molecule is N#Cc1cccnc1N1CCC(N(C(=O)C(F)(F)F)c2cccnc2)CC1. The first-order valence-electron chi connectivity index (χ1n) is 8.32. The van der Waals surface area contributed by atoms with E-state index in [2.05, 4.69) is 16.0 Å². The summed E-state index contributed by atoms with van der Waals surface area (Å²) in [5.74, 6) is -1.39. The van der Waals surface area contributed by atoms with Crippen LogP contribution in [-0.4, -0.2) is 41.2 Å². The van der Waals surface area contributed by atoms with Crippen molar-refractivity contribution in [2.24, 2.45) is 0 Å². The van der Waals surface area contributed by atoms with Crippen molar-refractivity contribution < 1.29 is 18.0 Å². The number of hydrogen-bond donors (Lipinski definition) is 0. The number of nitriles is 1. The number of amides is 1. The summed E-state index contributed by atoms with van der Waals surface area (Å²) in [7, 11) is 0. The van der Waals surface area contributed by atoms with Gasteiger partial charge in [0, 0.05) is 31.5 Å². The number of carbonyl (C=O) groups is 1. The molecule has 0 aliphatic carbocycles. The fourth-order valence-electron chi connectivity index (χ4n) is 3.20. The molecule has 3 heterocycles. The molecule has 6 nitrogen and oxygen atoms in total. The van der Waals surface area contributed by atoms with Gasteiger partial charge in [-0.05, 0) is 37.1 Å². The molecular formula is C18H16F3N5O. The molecule has 27 heavy (non-hydrogen) atoms. The van der Waals surface area contributed by atoms with Crippen LogP contribution in [0.4, 0.5) is 24.7 Å². The lowest BCUT2D eigenvalue weighted by molar-refractivity contribution is -0.171. The summed E-state index contributed by atoms with van der Waals surface area (Å²) in [6.45, 7) is 0.774. The van der Waals surface area contributed by atoms with Gasteiger partial charge in [-0.2, -0.15) is 18.4 Å². The first-order valence-corrected chi connectivity index (χ1v) is 8.32. The quantitative estimate of drug-likeness (QED) is 0.825. The van der Waals surface area contributed by atoms with Gasteiger partial charge in [0.15, 0.2) is 0 Å². The number of hydrogen-bond acceptors (Lipinski definition) is 5.